The maximum absolute atomic E-state index is 13.7. The predicted molar refractivity (Wildman–Crippen MR) is 114 cm³/mol. The Labute approximate surface area is 176 Å². The van der Waals surface area contributed by atoms with Crippen LogP contribution in [-0.2, 0) is 20.6 Å². The van der Waals surface area contributed by atoms with Crippen molar-refractivity contribution in [3.63, 3.8) is 0 Å². The van der Waals surface area contributed by atoms with Crippen LogP contribution in [0.2, 0.25) is 0 Å². The van der Waals surface area contributed by atoms with Gasteiger partial charge in [0.15, 0.2) is 0 Å². The van der Waals surface area contributed by atoms with Crippen LogP contribution < -0.4 is 0 Å². The van der Waals surface area contributed by atoms with Gasteiger partial charge in [-0.2, -0.15) is 0 Å². The molecule has 5 heteroatoms. The Morgan fingerprint density at radius 1 is 0.793 bits per heavy atom. The number of rotatable bonds is 17. The van der Waals surface area contributed by atoms with E-state index in [4.69, 9.17) is 14.2 Å². The first-order chi connectivity index (χ1) is 14.0. The molecule has 0 radical (unpaired) electrons. The molecular formula is C24H40F2O3. The zero-order valence-electron chi connectivity index (χ0n) is 18.8. The van der Waals surface area contributed by atoms with Gasteiger partial charge in [-0.05, 0) is 37.3 Å². The minimum Gasteiger partial charge on any atom is -0.331 e. The lowest BCUT2D eigenvalue weighted by Gasteiger charge is -2.36. The molecule has 0 amide bonds. The fourth-order valence-corrected chi connectivity index (χ4v) is 4.03. The lowest BCUT2D eigenvalue weighted by atomic mass is 9.91. The maximum Gasteiger partial charge on any atom is 0.285 e. The second-order valence-corrected chi connectivity index (χ2v) is 7.80. The molecule has 0 spiro atoms. The van der Waals surface area contributed by atoms with Gasteiger partial charge in [0.2, 0.25) is 0 Å². The van der Waals surface area contributed by atoms with Crippen LogP contribution in [0, 0.1) is 17.6 Å². The smallest absolute Gasteiger partial charge is 0.285 e. The summed E-state index contributed by atoms with van der Waals surface area (Å²) in [4.78, 5) is 0. The molecule has 0 saturated heterocycles. The van der Waals surface area contributed by atoms with Gasteiger partial charge in [-0.3, -0.25) is 0 Å². The lowest BCUT2D eigenvalue weighted by molar-refractivity contribution is -0.380. The molecule has 1 unspecified atom stereocenters. The standard InChI is InChI=1S/C24H40F2O3/c1-5-6-7-8-9-12-15-21(24(27-2,28-3)29-4)16-13-10-11-14-20-17-18-22(25)19-23(20)26/h17-19,21H,5-16H2,1-4H3. The van der Waals surface area contributed by atoms with Crippen molar-refractivity contribution in [3.8, 4) is 0 Å². The van der Waals surface area contributed by atoms with Gasteiger partial charge in [0.05, 0.1) is 0 Å². The summed E-state index contributed by atoms with van der Waals surface area (Å²) < 4.78 is 43.6. The number of unbranched alkanes of at least 4 members (excludes halogenated alkanes) is 7. The summed E-state index contributed by atoms with van der Waals surface area (Å²) in [6.07, 6.45) is 12.8. The first kappa shape index (κ1) is 26.0. The molecular weight excluding hydrogens is 374 g/mol. The third-order valence-corrected chi connectivity index (χ3v) is 5.77. The van der Waals surface area contributed by atoms with Crippen molar-refractivity contribution in [2.45, 2.75) is 89.9 Å². The van der Waals surface area contributed by atoms with E-state index in [0.29, 0.717) is 12.0 Å². The molecule has 168 valence electrons. The second kappa shape index (κ2) is 14.9. The first-order valence-electron chi connectivity index (χ1n) is 11.1. The van der Waals surface area contributed by atoms with Gasteiger partial charge < -0.3 is 14.2 Å². The minimum atomic E-state index is -1.01. The molecule has 0 N–H and O–H groups in total. The van der Waals surface area contributed by atoms with Crippen molar-refractivity contribution in [2.75, 3.05) is 21.3 Å². The van der Waals surface area contributed by atoms with Crippen LogP contribution in [0.4, 0.5) is 8.78 Å². The summed E-state index contributed by atoms with van der Waals surface area (Å²) in [6.45, 7) is 2.23. The number of aryl methyl sites for hydroxylation is 1. The number of ether oxygens (including phenoxy) is 3. The Balaban J connectivity index is 2.46. The summed E-state index contributed by atoms with van der Waals surface area (Å²) in [5.41, 5.74) is 0.579. The van der Waals surface area contributed by atoms with Gasteiger partial charge in [-0.1, -0.05) is 64.4 Å². The van der Waals surface area contributed by atoms with Gasteiger partial charge in [0.25, 0.3) is 5.97 Å². The number of methoxy groups -OCH3 is 3. The average Bonchev–Trinajstić information content (AvgIpc) is 2.72. The van der Waals surface area contributed by atoms with Crippen LogP contribution in [0.25, 0.3) is 0 Å². The van der Waals surface area contributed by atoms with E-state index in [1.165, 1.54) is 44.2 Å². The largest absolute Gasteiger partial charge is 0.331 e. The van der Waals surface area contributed by atoms with Crippen molar-refractivity contribution >= 4 is 0 Å². The normalized spacial score (nSPS) is 13.0. The van der Waals surface area contributed by atoms with E-state index >= 15 is 0 Å². The predicted octanol–water partition coefficient (Wildman–Crippen LogP) is 7.03. The molecule has 0 fully saturated rings. The number of hydrogen-bond donors (Lipinski definition) is 0. The van der Waals surface area contributed by atoms with Crippen molar-refractivity contribution in [3.05, 3.63) is 35.4 Å². The summed E-state index contributed by atoms with van der Waals surface area (Å²) in [5.74, 6) is -1.84. The minimum absolute atomic E-state index is 0.149. The summed E-state index contributed by atoms with van der Waals surface area (Å²) >= 11 is 0. The van der Waals surface area contributed by atoms with Crippen LogP contribution in [0.1, 0.15) is 83.1 Å². The SMILES string of the molecule is CCCCCCCCC(CCCCCc1ccc(F)cc1F)C(OC)(OC)OC. The second-order valence-electron chi connectivity index (χ2n) is 7.80. The highest BCUT2D eigenvalue weighted by molar-refractivity contribution is 5.18. The Kier molecular flexibility index (Phi) is 13.3. The highest BCUT2D eigenvalue weighted by Crippen LogP contribution is 2.33. The zero-order valence-corrected chi connectivity index (χ0v) is 18.8. The zero-order chi connectivity index (χ0) is 21.5. The monoisotopic (exact) mass is 414 g/mol. The van der Waals surface area contributed by atoms with Gasteiger partial charge >= 0.3 is 0 Å². The van der Waals surface area contributed by atoms with Crippen molar-refractivity contribution < 1.29 is 23.0 Å². The van der Waals surface area contributed by atoms with Crippen LogP contribution in [0.5, 0.6) is 0 Å². The number of hydrogen-bond acceptors (Lipinski definition) is 3. The van der Waals surface area contributed by atoms with E-state index in [-0.39, 0.29) is 5.92 Å². The Hall–Kier alpha value is -1.04. The molecule has 29 heavy (non-hydrogen) atoms. The van der Waals surface area contributed by atoms with E-state index in [1.807, 2.05) is 0 Å². The average molecular weight is 415 g/mol. The van der Waals surface area contributed by atoms with Gasteiger partial charge in [0.1, 0.15) is 11.6 Å². The van der Waals surface area contributed by atoms with E-state index in [0.717, 1.165) is 44.6 Å². The molecule has 0 bridgehead atoms. The molecule has 1 aromatic carbocycles. The first-order valence-corrected chi connectivity index (χ1v) is 11.1. The molecule has 0 aliphatic heterocycles. The lowest BCUT2D eigenvalue weighted by Crippen LogP contribution is -2.44. The summed E-state index contributed by atoms with van der Waals surface area (Å²) in [5, 5.41) is 0. The Bertz CT molecular complexity index is 539. The molecule has 1 atom stereocenters. The summed E-state index contributed by atoms with van der Waals surface area (Å²) in [7, 11) is 4.87. The molecule has 3 nitrogen and oxygen atoms in total. The fourth-order valence-electron chi connectivity index (χ4n) is 4.03. The van der Waals surface area contributed by atoms with E-state index < -0.39 is 17.6 Å². The number of benzene rings is 1. The van der Waals surface area contributed by atoms with Gasteiger partial charge in [0, 0.05) is 33.3 Å². The molecule has 0 aliphatic carbocycles. The van der Waals surface area contributed by atoms with E-state index in [9.17, 15) is 8.78 Å². The van der Waals surface area contributed by atoms with Crippen LogP contribution >= 0.6 is 0 Å². The molecule has 0 aromatic heterocycles. The number of halogens is 2. The van der Waals surface area contributed by atoms with Crippen LogP contribution in [0.15, 0.2) is 18.2 Å². The summed E-state index contributed by atoms with van der Waals surface area (Å²) in [6, 6.07) is 3.81. The molecule has 1 rings (SSSR count). The quantitative estimate of drug-likeness (QED) is 0.202. The third-order valence-electron chi connectivity index (χ3n) is 5.77. The van der Waals surface area contributed by atoms with E-state index in [1.54, 1.807) is 21.3 Å². The molecule has 0 saturated carbocycles. The topological polar surface area (TPSA) is 27.7 Å². The van der Waals surface area contributed by atoms with Gasteiger partial charge in [-0.25, -0.2) is 8.78 Å². The Morgan fingerprint density at radius 3 is 1.90 bits per heavy atom. The third kappa shape index (κ3) is 9.10. The highest BCUT2D eigenvalue weighted by Gasteiger charge is 2.39. The fraction of sp³-hybridized carbons (Fsp3) is 0.750. The van der Waals surface area contributed by atoms with Crippen LogP contribution in [0.3, 0.4) is 0 Å². The molecule has 0 heterocycles. The molecule has 1 aromatic rings. The van der Waals surface area contributed by atoms with Gasteiger partial charge in [-0.15, -0.1) is 0 Å². The van der Waals surface area contributed by atoms with Crippen molar-refractivity contribution in [1.82, 2.24) is 0 Å². The molecule has 0 aliphatic rings. The van der Waals surface area contributed by atoms with Crippen LogP contribution in [-0.4, -0.2) is 27.3 Å². The maximum atomic E-state index is 13.7. The highest BCUT2D eigenvalue weighted by atomic mass is 19.1. The van der Waals surface area contributed by atoms with E-state index in [2.05, 4.69) is 6.92 Å². The van der Waals surface area contributed by atoms with Crippen molar-refractivity contribution in [1.29, 1.82) is 0 Å². The van der Waals surface area contributed by atoms with Crippen molar-refractivity contribution in [2.24, 2.45) is 5.92 Å². The Morgan fingerprint density at radius 2 is 1.34 bits per heavy atom.